The molecule has 1 aliphatic carbocycles. The van der Waals surface area contributed by atoms with Crippen molar-refractivity contribution < 1.29 is 10.1 Å². The predicted molar refractivity (Wildman–Crippen MR) is 67.5 cm³/mol. The quantitative estimate of drug-likeness (QED) is 0.658. The summed E-state index contributed by atoms with van der Waals surface area (Å²) in [7, 11) is 0. The summed E-state index contributed by atoms with van der Waals surface area (Å²) in [6.07, 6.45) is 5.73. The zero-order chi connectivity index (χ0) is 13.1. The molecular weight excluding hydrogens is 254 g/mol. The van der Waals surface area contributed by atoms with E-state index in [0.29, 0.717) is 28.4 Å². The molecule has 0 spiro atoms. The molecule has 6 heteroatoms. The van der Waals surface area contributed by atoms with E-state index in [1.165, 1.54) is 0 Å². The van der Waals surface area contributed by atoms with Crippen molar-refractivity contribution in [2.45, 2.75) is 20.3 Å². The number of hydrogen-bond donors (Lipinski definition) is 1. The number of rotatable bonds is 2. The maximum atomic E-state index is 9.04. The first-order chi connectivity index (χ1) is 8.63. The van der Waals surface area contributed by atoms with Crippen LogP contribution in [0.3, 0.4) is 0 Å². The normalized spacial score (nSPS) is 16.0. The van der Waals surface area contributed by atoms with Gasteiger partial charge in [0.2, 0.25) is 0 Å². The van der Waals surface area contributed by atoms with Crippen LogP contribution < -0.4 is 0 Å². The van der Waals surface area contributed by atoms with E-state index in [1.54, 1.807) is 26.1 Å². The third-order valence-electron chi connectivity index (χ3n) is 2.60. The van der Waals surface area contributed by atoms with E-state index in [9.17, 15) is 0 Å². The topological polar surface area (TPSA) is 68.1 Å². The van der Waals surface area contributed by atoms with Gasteiger partial charge in [0.15, 0.2) is 11.6 Å². The molecule has 0 saturated heterocycles. The molecule has 18 heavy (non-hydrogen) atoms. The van der Waals surface area contributed by atoms with Gasteiger partial charge in [-0.25, -0.2) is 10.2 Å². The van der Waals surface area contributed by atoms with Gasteiger partial charge in [-0.15, -0.1) is 5.10 Å². The van der Waals surface area contributed by atoms with Crippen molar-refractivity contribution in [1.82, 2.24) is 15.2 Å². The highest BCUT2D eigenvalue weighted by atomic mass is 35.5. The maximum absolute atomic E-state index is 9.04. The Bertz CT molecular complexity index is 547. The molecule has 1 aromatic rings. The third kappa shape index (κ3) is 2.42. The second-order valence-corrected chi connectivity index (χ2v) is 4.31. The van der Waals surface area contributed by atoms with Crippen LogP contribution in [-0.2, 0) is 4.89 Å². The van der Waals surface area contributed by atoms with Crippen LogP contribution >= 0.6 is 11.6 Å². The highest BCUT2D eigenvalue weighted by Crippen LogP contribution is 2.31. The van der Waals surface area contributed by atoms with Crippen molar-refractivity contribution >= 4 is 17.2 Å². The van der Waals surface area contributed by atoms with Gasteiger partial charge in [0.05, 0.1) is 11.9 Å². The zero-order valence-electron chi connectivity index (χ0n) is 10.0. The fourth-order valence-corrected chi connectivity index (χ4v) is 1.79. The minimum absolute atomic E-state index is 0.274. The van der Waals surface area contributed by atoms with E-state index >= 15 is 0 Å². The largest absolute Gasteiger partial charge is 0.339 e. The lowest BCUT2D eigenvalue weighted by atomic mass is 10.1. The summed E-state index contributed by atoms with van der Waals surface area (Å²) in [6.45, 7) is 3.56. The molecule has 5 nitrogen and oxygen atoms in total. The van der Waals surface area contributed by atoms with E-state index in [2.05, 4.69) is 20.1 Å². The second-order valence-electron chi connectivity index (χ2n) is 3.90. The van der Waals surface area contributed by atoms with E-state index in [1.807, 2.05) is 6.08 Å². The van der Waals surface area contributed by atoms with Gasteiger partial charge in [-0.3, -0.25) is 0 Å². The second kappa shape index (κ2) is 5.29. The molecule has 0 aliphatic heterocycles. The smallest absolute Gasteiger partial charge is 0.181 e. The van der Waals surface area contributed by atoms with Crippen molar-refractivity contribution in [3.63, 3.8) is 0 Å². The number of halogens is 1. The fourth-order valence-electron chi connectivity index (χ4n) is 1.62. The highest BCUT2D eigenvalue weighted by Gasteiger charge is 2.19. The van der Waals surface area contributed by atoms with Crippen LogP contribution in [0.15, 0.2) is 34.7 Å². The van der Waals surface area contributed by atoms with E-state index in [0.717, 1.165) is 5.69 Å². The van der Waals surface area contributed by atoms with E-state index in [-0.39, 0.29) is 5.76 Å². The number of nitrogens with zero attached hydrogens (tertiary/aromatic N) is 3. The summed E-state index contributed by atoms with van der Waals surface area (Å²) in [5.41, 5.74) is 2.00. The number of allylic oxidation sites excluding steroid dienone is 5. The molecule has 0 amide bonds. The lowest BCUT2D eigenvalue weighted by Gasteiger charge is -2.09. The van der Waals surface area contributed by atoms with Crippen molar-refractivity contribution in [3.05, 3.63) is 46.2 Å². The molecule has 0 saturated carbocycles. The minimum Gasteiger partial charge on any atom is -0.339 e. The summed E-state index contributed by atoms with van der Waals surface area (Å²) in [5.74, 6) is 0.690. The molecule has 2 rings (SSSR count). The minimum atomic E-state index is 0.274. The number of hydrogen-bond acceptors (Lipinski definition) is 5. The van der Waals surface area contributed by atoms with E-state index < -0.39 is 0 Å². The zero-order valence-corrected chi connectivity index (χ0v) is 10.8. The molecule has 0 fully saturated rings. The number of aryl methyl sites for hydroxylation is 1. The summed E-state index contributed by atoms with van der Waals surface area (Å²) in [4.78, 5) is 8.62. The van der Waals surface area contributed by atoms with E-state index in [4.69, 9.17) is 16.9 Å². The first-order valence-electron chi connectivity index (χ1n) is 5.38. The molecule has 0 bridgehead atoms. The standard InChI is InChI=1S/C12H12ClN3O2/c1-7-6-14-12(16-15-7)9-4-3-5-10(13)8(2)11(9)18-17/h3,5-6,17H,4H2,1-2H3. The van der Waals surface area contributed by atoms with Gasteiger partial charge < -0.3 is 4.89 Å². The molecule has 0 aromatic carbocycles. The van der Waals surface area contributed by atoms with Crippen molar-refractivity contribution in [2.24, 2.45) is 0 Å². The predicted octanol–water partition coefficient (Wildman–Crippen LogP) is 2.85. The Morgan fingerprint density at radius 3 is 2.72 bits per heavy atom. The van der Waals surface area contributed by atoms with Crippen LogP contribution in [0.4, 0.5) is 0 Å². The Morgan fingerprint density at radius 2 is 2.11 bits per heavy atom. The van der Waals surface area contributed by atoms with Crippen LogP contribution in [0.5, 0.6) is 0 Å². The van der Waals surface area contributed by atoms with Crippen molar-refractivity contribution in [1.29, 1.82) is 0 Å². The van der Waals surface area contributed by atoms with Gasteiger partial charge >= 0.3 is 0 Å². The van der Waals surface area contributed by atoms with Gasteiger partial charge in [0, 0.05) is 16.2 Å². The lowest BCUT2D eigenvalue weighted by molar-refractivity contribution is -0.199. The van der Waals surface area contributed by atoms with Gasteiger partial charge in [0.25, 0.3) is 0 Å². The molecule has 1 aliphatic rings. The Hall–Kier alpha value is -1.72. The first-order valence-corrected chi connectivity index (χ1v) is 5.76. The summed E-state index contributed by atoms with van der Waals surface area (Å²) >= 11 is 6.03. The monoisotopic (exact) mass is 265 g/mol. The molecule has 0 radical (unpaired) electrons. The molecule has 94 valence electrons. The summed E-state index contributed by atoms with van der Waals surface area (Å²) in [6, 6.07) is 0. The molecule has 0 atom stereocenters. The van der Waals surface area contributed by atoms with Crippen LogP contribution in [0.2, 0.25) is 0 Å². The average Bonchev–Trinajstić information content (AvgIpc) is 2.51. The molecule has 1 heterocycles. The molecule has 1 N–H and O–H groups in total. The van der Waals surface area contributed by atoms with Gasteiger partial charge in [0.1, 0.15) is 0 Å². The maximum Gasteiger partial charge on any atom is 0.181 e. The molecular formula is C12H12ClN3O2. The summed E-state index contributed by atoms with van der Waals surface area (Å²) in [5, 5.41) is 17.5. The van der Waals surface area contributed by atoms with Gasteiger partial charge in [-0.05, 0) is 26.3 Å². The van der Waals surface area contributed by atoms with Crippen LogP contribution in [0.25, 0.3) is 5.57 Å². The third-order valence-corrected chi connectivity index (χ3v) is 3.01. The van der Waals surface area contributed by atoms with Gasteiger partial charge in [-0.1, -0.05) is 17.7 Å². The van der Waals surface area contributed by atoms with Gasteiger partial charge in [-0.2, -0.15) is 5.10 Å². The molecule has 0 unspecified atom stereocenters. The Balaban J connectivity index is 2.56. The summed E-state index contributed by atoms with van der Waals surface area (Å²) < 4.78 is 0. The Kier molecular flexibility index (Phi) is 3.74. The highest BCUT2D eigenvalue weighted by molar-refractivity contribution is 6.31. The van der Waals surface area contributed by atoms with Crippen molar-refractivity contribution in [2.75, 3.05) is 0 Å². The van der Waals surface area contributed by atoms with Crippen LogP contribution in [-0.4, -0.2) is 20.4 Å². The Labute approximate surface area is 109 Å². The first kappa shape index (κ1) is 12.7. The molecule has 1 aromatic heterocycles. The van der Waals surface area contributed by atoms with Crippen molar-refractivity contribution in [3.8, 4) is 0 Å². The lowest BCUT2D eigenvalue weighted by Crippen LogP contribution is -2.02. The average molecular weight is 266 g/mol. The van der Waals surface area contributed by atoms with Crippen LogP contribution in [0, 0.1) is 6.92 Å². The van der Waals surface area contributed by atoms with Crippen LogP contribution in [0.1, 0.15) is 24.9 Å². The Morgan fingerprint density at radius 1 is 1.33 bits per heavy atom. The SMILES string of the molecule is CC1=C(Cl)C=CCC(c2ncc(C)nn2)=C1OO. The fraction of sp³-hybridized carbons (Fsp3) is 0.250. The number of aromatic nitrogens is 3.